The number of aliphatic hydroxyl groups excluding tert-OH is 1. The standard InChI is InChI=1S/C26H32N4O7/c27-22(32)13-12-19(26(36)37)29-24(34)20(15-18-9-5-2-6-10-18)30-25(35)21(16-31)28-23(33)14-11-17-7-3-1-4-8-17/h1-10,19-21,31H,11-16H2,(H2,27,32)(H,28,33)(H,29,34)(H,30,35)(H,36,37)/t19-,20-,21-/m0/s1. The van der Waals surface area contributed by atoms with Gasteiger partial charge in [-0.2, -0.15) is 0 Å². The number of aliphatic carboxylic acids is 1. The molecule has 0 aliphatic carbocycles. The van der Waals surface area contributed by atoms with Crippen LogP contribution in [-0.2, 0) is 36.8 Å². The topological polar surface area (TPSA) is 188 Å². The van der Waals surface area contributed by atoms with Crippen LogP contribution in [0, 0.1) is 0 Å². The Morgan fingerprint density at radius 2 is 1.27 bits per heavy atom. The molecule has 0 aliphatic heterocycles. The first-order valence-electron chi connectivity index (χ1n) is 11.8. The molecule has 11 heteroatoms. The summed E-state index contributed by atoms with van der Waals surface area (Å²) in [4.78, 5) is 60.8. The number of nitrogens with two attached hydrogens (primary N) is 1. The molecule has 0 radical (unpaired) electrons. The molecule has 2 aromatic rings. The summed E-state index contributed by atoms with van der Waals surface area (Å²) in [6, 6.07) is 14.0. The van der Waals surface area contributed by atoms with Crippen LogP contribution in [-0.4, -0.2) is 64.5 Å². The minimum absolute atomic E-state index is 0.0146. The molecule has 3 atom stereocenters. The molecule has 0 heterocycles. The molecule has 0 saturated heterocycles. The van der Waals surface area contributed by atoms with Gasteiger partial charge < -0.3 is 31.9 Å². The van der Waals surface area contributed by atoms with Gasteiger partial charge in [0.1, 0.15) is 18.1 Å². The SMILES string of the molecule is NC(=O)CC[C@H](NC(=O)[C@H](Cc1ccccc1)NC(=O)[C@H](CO)NC(=O)CCc1ccccc1)C(=O)O. The zero-order chi connectivity index (χ0) is 27.2. The van der Waals surface area contributed by atoms with Gasteiger partial charge in [0, 0.05) is 19.3 Å². The molecular formula is C26H32N4O7. The largest absolute Gasteiger partial charge is 0.480 e. The highest BCUT2D eigenvalue weighted by atomic mass is 16.4. The Kier molecular flexibility index (Phi) is 11.7. The Bertz CT molecular complexity index is 1060. The van der Waals surface area contributed by atoms with Crippen LogP contribution in [0.2, 0.25) is 0 Å². The first kappa shape index (κ1) is 29.0. The second-order valence-corrected chi connectivity index (χ2v) is 8.44. The summed E-state index contributed by atoms with van der Waals surface area (Å²) in [7, 11) is 0. The van der Waals surface area contributed by atoms with Crippen molar-refractivity contribution in [2.75, 3.05) is 6.61 Å². The van der Waals surface area contributed by atoms with Crippen LogP contribution in [0.25, 0.3) is 0 Å². The predicted octanol–water partition coefficient (Wildman–Crippen LogP) is -0.341. The van der Waals surface area contributed by atoms with E-state index in [9.17, 15) is 34.2 Å². The van der Waals surface area contributed by atoms with Crippen LogP contribution in [0.15, 0.2) is 60.7 Å². The molecule has 2 aromatic carbocycles. The van der Waals surface area contributed by atoms with E-state index in [2.05, 4.69) is 16.0 Å². The highest BCUT2D eigenvalue weighted by molar-refractivity contribution is 5.93. The van der Waals surface area contributed by atoms with E-state index in [1.165, 1.54) is 0 Å². The summed E-state index contributed by atoms with van der Waals surface area (Å²) in [5.74, 6) is -4.15. The fourth-order valence-corrected chi connectivity index (χ4v) is 3.51. The molecule has 0 spiro atoms. The molecular weight excluding hydrogens is 480 g/mol. The van der Waals surface area contributed by atoms with Crippen molar-refractivity contribution in [3.8, 4) is 0 Å². The summed E-state index contributed by atoms with van der Waals surface area (Å²) in [6.07, 6.45) is 0.0591. The summed E-state index contributed by atoms with van der Waals surface area (Å²) in [5.41, 5.74) is 6.70. The molecule has 0 saturated carbocycles. The Morgan fingerprint density at radius 3 is 1.81 bits per heavy atom. The molecule has 7 N–H and O–H groups in total. The van der Waals surface area contributed by atoms with Gasteiger partial charge in [0.25, 0.3) is 0 Å². The highest BCUT2D eigenvalue weighted by Crippen LogP contribution is 2.07. The van der Waals surface area contributed by atoms with Crippen molar-refractivity contribution >= 4 is 29.6 Å². The number of aryl methyl sites for hydroxylation is 1. The van der Waals surface area contributed by atoms with Gasteiger partial charge in [-0.1, -0.05) is 60.7 Å². The van der Waals surface area contributed by atoms with Crippen LogP contribution in [0.5, 0.6) is 0 Å². The second kappa shape index (κ2) is 15.0. The van der Waals surface area contributed by atoms with E-state index in [-0.39, 0.29) is 25.7 Å². The van der Waals surface area contributed by atoms with Gasteiger partial charge >= 0.3 is 5.97 Å². The number of benzene rings is 2. The molecule has 11 nitrogen and oxygen atoms in total. The lowest BCUT2D eigenvalue weighted by Crippen LogP contribution is -2.57. The number of carbonyl (C=O) groups excluding carboxylic acids is 4. The van der Waals surface area contributed by atoms with E-state index in [1.807, 2.05) is 30.3 Å². The van der Waals surface area contributed by atoms with Gasteiger partial charge in [-0.25, -0.2) is 4.79 Å². The molecule has 4 amide bonds. The lowest BCUT2D eigenvalue weighted by molar-refractivity contribution is -0.142. The molecule has 0 fully saturated rings. The number of carbonyl (C=O) groups is 5. The zero-order valence-corrected chi connectivity index (χ0v) is 20.3. The number of aliphatic hydroxyl groups is 1. The highest BCUT2D eigenvalue weighted by Gasteiger charge is 2.29. The monoisotopic (exact) mass is 512 g/mol. The van der Waals surface area contributed by atoms with E-state index in [4.69, 9.17) is 5.73 Å². The van der Waals surface area contributed by atoms with Crippen LogP contribution in [0.3, 0.4) is 0 Å². The first-order valence-corrected chi connectivity index (χ1v) is 11.8. The van der Waals surface area contributed by atoms with Crippen molar-refractivity contribution < 1.29 is 34.2 Å². The number of amides is 4. The van der Waals surface area contributed by atoms with Crippen molar-refractivity contribution in [3.63, 3.8) is 0 Å². The summed E-state index contributed by atoms with van der Waals surface area (Å²) < 4.78 is 0. The number of hydrogen-bond acceptors (Lipinski definition) is 6. The Morgan fingerprint density at radius 1 is 0.730 bits per heavy atom. The first-order chi connectivity index (χ1) is 17.7. The van der Waals surface area contributed by atoms with Crippen LogP contribution in [0.4, 0.5) is 0 Å². The molecule has 0 unspecified atom stereocenters. The number of hydrogen-bond donors (Lipinski definition) is 6. The predicted molar refractivity (Wildman–Crippen MR) is 134 cm³/mol. The lowest BCUT2D eigenvalue weighted by atomic mass is 10.0. The number of carboxylic acid groups (broad SMARTS) is 1. The molecule has 2 rings (SSSR count). The minimum Gasteiger partial charge on any atom is -0.480 e. The summed E-state index contributed by atoms with van der Waals surface area (Å²) in [5, 5.41) is 26.4. The fraction of sp³-hybridized carbons (Fsp3) is 0.346. The van der Waals surface area contributed by atoms with Gasteiger partial charge in [0.2, 0.25) is 23.6 Å². The van der Waals surface area contributed by atoms with Crippen LogP contribution in [0.1, 0.15) is 30.4 Å². The Balaban J connectivity index is 2.07. The van der Waals surface area contributed by atoms with E-state index >= 15 is 0 Å². The zero-order valence-electron chi connectivity index (χ0n) is 20.3. The smallest absolute Gasteiger partial charge is 0.326 e. The minimum atomic E-state index is -1.40. The fourth-order valence-electron chi connectivity index (χ4n) is 3.51. The Labute approximate surface area is 214 Å². The van der Waals surface area contributed by atoms with Gasteiger partial charge in [-0.05, 0) is 24.0 Å². The maximum Gasteiger partial charge on any atom is 0.326 e. The van der Waals surface area contributed by atoms with E-state index in [1.54, 1.807) is 30.3 Å². The third-order valence-corrected chi connectivity index (χ3v) is 5.53. The Hall–Kier alpha value is -4.25. The van der Waals surface area contributed by atoms with Crippen molar-refractivity contribution in [2.45, 2.75) is 50.2 Å². The maximum absolute atomic E-state index is 13.0. The van der Waals surface area contributed by atoms with Crippen LogP contribution < -0.4 is 21.7 Å². The van der Waals surface area contributed by atoms with Gasteiger partial charge in [-0.3, -0.25) is 19.2 Å². The van der Waals surface area contributed by atoms with E-state index in [0.717, 1.165) is 5.56 Å². The third-order valence-electron chi connectivity index (χ3n) is 5.53. The van der Waals surface area contributed by atoms with Gasteiger partial charge in [-0.15, -0.1) is 0 Å². The molecule has 0 aliphatic rings. The third kappa shape index (κ3) is 10.5. The second-order valence-electron chi connectivity index (χ2n) is 8.44. The molecule has 0 aromatic heterocycles. The molecule has 198 valence electrons. The average Bonchev–Trinajstić information content (AvgIpc) is 2.88. The van der Waals surface area contributed by atoms with Crippen molar-refractivity contribution in [1.82, 2.24) is 16.0 Å². The quantitative estimate of drug-likeness (QED) is 0.188. The van der Waals surface area contributed by atoms with E-state index < -0.39 is 54.3 Å². The van der Waals surface area contributed by atoms with Crippen molar-refractivity contribution in [1.29, 1.82) is 0 Å². The lowest BCUT2D eigenvalue weighted by Gasteiger charge is -2.24. The number of rotatable bonds is 15. The van der Waals surface area contributed by atoms with Gasteiger partial charge in [0.15, 0.2) is 0 Å². The van der Waals surface area contributed by atoms with Crippen LogP contribution >= 0.6 is 0 Å². The number of carboxylic acids is 1. The average molecular weight is 513 g/mol. The number of nitrogens with one attached hydrogen (secondary N) is 3. The number of primary amides is 1. The van der Waals surface area contributed by atoms with Crippen molar-refractivity contribution in [2.24, 2.45) is 5.73 Å². The van der Waals surface area contributed by atoms with Crippen molar-refractivity contribution in [3.05, 3.63) is 71.8 Å². The maximum atomic E-state index is 13.0. The summed E-state index contributed by atoms with van der Waals surface area (Å²) >= 11 is 0. The normalized spacial score (nSPS) is 13.0. The molecule has 37 heavy (non-hydrogen) atoms. The van der Waals surface area contributed by atoms with E-state index in [0.29, 0.717) is 12.0 Å². The summed E-state index contributed by atoms with van der Waals surface area (Å²) in [6.45, 7) is -0.709. The van der Waals surface area contributed by atoms with Gasteiger partial charge in [0.05, 0.1) is 6.61 Å². The molecule has 0 bridgehead atoms.